The van der Waals surface area contributed by atoms with Crippen LogP contribution in [0.5, 0.6) is 0 Å². The zero-order chi connectivity index (χ0) is 16.4. The molecule has 8 heteroatoms. The summed E-state index contributed by atoms with van der Waals surface area (Å²) in [4.78, 5) is 8.13. The summed E-state index contributed by atoms with van der Waals surface area (Å²) in [7, 11) is -3.80. The maximum Gasteiger partial charge on any atom is 0.264 e. The lowest BCUT2D eigenvalue weighted by Gasteiger charge is -2.09. The lowest BCUT2D eigenvalue weighted by atomic mass is 10.1. The first-order valence-electron chi connectivity index (χ1n) is 6.61. The minimum absolute atomic E-state index is 0.0587. The third kappa shape index (κ3) is 3.52. The summed E-state index contributed by atoms with van der Waals surface area (Å²) in [6.45, 7) is 1.92. The second-order valence-electron chi connectivity index (χ2n) is 4.73. The van der Waals surface area contributed by atoms with Crippen LogP contribution in [-0.4, -0.2) is 18.4 Å². The lowest BCUT2D eigenvalue weighted by Crippen LogP contribution is -2.13. The van der Waals surface area contributed by atoms with Crippen LogP contribution < -0.4 is 4.72 Å². The van der Waals surface area contributed by atoms with Crippen molar-refractivity contribution in [3.8, 4) is 11.3 Å². The van der Waals surface area contributed by atoms with Crippen molar-refractivity contribution in [1.82, 2.24) is 9.97 Å². The molecule has 0 radical (unpaired) electrons. The van der Waals surface area contributed by atoms with E-state index in [4.69, 9.17) is 11.6 Å². The summed E-state index contributed by atoms with van der Waals surface area (Å²) in [5.41, 5.74) is 2.09. The van der Waals surface area contributed by atoms with Gasteiger partial charge < -0.3 is 0 Å². The first-order valence-corrected chi connectivity index (χ1v) is 9.36. The molecular weight excluding hydrogens is 354 g/mol. The Balaban J connectivity index is 1.93. The van der Waals surface area contributed by atoms with Crippen molar-refractivity contribution in [1.29, 1.82) is 0 Å². The van der Waals surface area contributed by atoms with Gasteiger partial charge in [-0.05, 0) is 31.2 Å². The Bertz CT molecular complexity index is 955. The van der Waals surface area contributed by atoms with Gasteiger partial charge in [0.1, 0.15) is 10.0 Å². The van der Waals surface area contributed by atoms with Crippen LogP contribution in [0, 0.1) is 6.92 Å². The van der Waals surface area contributed by atoms with Crippen LogP contribution >= 0.6 is 22.9 Å². The van der Waals surface area contributed by atoms with Crippen LogP contribution in [0.15, 0.2) is 52.9 Å². The molecule has 0 aliphatic carbocycles. The van der Waals surface area contributed by atoms with Crippen molar-refractivity contribution in [2.24, 2.45) is 0 Å². The van der Waals surface area contributed by atoms with Crippen molar-refractivity contribution in [2.75, 3.05) is 4.72 Å². The molecule has 0 saturated heterocycles. The van der Waals surface area contributed by atoms with E-state index in [-0.39, 0.29) is 10.0 Å². The molecule has 0 bridgehead atoms. The zero-order valence-corrected chi connectivity index (χ0v) is 14.4. The molecule has 118 valence electrons. The number of pyridine rings is 1. The Labute approximate surface area is 143 Å². The standard InChI is InChI=1S/C15H12ClN3O2S2/c1-10-18-13(9-22-10)11-4-2-5-12(8-11)19-23(20,21)14-6-3-7-17-15(14)16/h2-9,19H,1H3. The van der Waals surface area contributed by atoms with Gasteiger partial charge >= 0.3 is 0 Å². The van der Waals surface area contributed by atoms with Gasteiger partial charge in [-0.25, -0.2) is 18.4 Å². The molecule has 0 spiro atoms. The van der Waals surface area contributed by atoms with E-state index in [1.807, 2.05) is 18.4 Å². The minimum Gasteiger partial charge on any atom is -0.280 e. The smallest absolute Gasteiger partial charge is 0.264 e. The van der Waals surface area contributed by atoms with Crippen molar-refractivity contribution >= 4 is 38.6 Å². The second-order valence-corrected chi connectivity index (χ2v) is 7.80. The Kier molecular flexibility index (Phi) is 4.34. The molecule has 3 aromatic rings. The zero-order valence-electron chi connectivity index (χ0n) is 12.0. The number of hydrogen-bond acceptors (Lipinski definition) is 5. The molecule has 0 aliphatic rings. The Morgan fingerprint density at radius 1 is 1.22 bits per heavy atom. The first kappa shape index (κ1) is 15.9. The maximum atomic E-state index is 12.4. The molecule has 0 amide bonds. The number of halogens is 1. The van der Waals surface area contributed by atoms with E-state index < -0.39 is 10.0 Å². The highest BCUT2D eigenvalue weighted by atomic mass is 35.5. The van der Waals surface area contributed by atoms with Gasteiger partial charge in [0, 0.05) is 22.8 Å². The minimum atomic E-state index is -3.80. The molecule has 2 heterocycles. The van der Waals surface area contributed by atoms with Crippen molar-refractivity contribution < 1.29 is 8.42 Å². The van der Waals surface area contributed by atoms with E-state index in [2.05, 4.69) is 14.7 Å². The molecule has 5 nitrogen and oxygen atoms in total. The van der Waals surface area contributed by atoms with Crippen LogP contribution in [0.25, 0.3) is 11.3 Å². The van der Waals surface area contributed by atoms with Gasteiger partial charge in [0.2, 0.25) is 0 Å². The van der Waals surface area contributed by atoms with Gasteiger partial charge in [-0.2, -0.15) is 0 Å². The highest BCUT2D eigenvalue weighted by molar-refractivity contribution is 7.92. The molecule has 1 N–H and O–H groups in total. The number of aromatic nitrogens is 2. The van der Waals surface area contributed by atoms with Crippen LogP contribution in [0.4, 0.5) is 5.69 Å². The number of rotatable bonds is 4. The highest BCUT2D eigenvalue weighted by Crippen LogP contribution is 2.26. The monoisotopic (exact) mass is 365 g/mol. The molecule has 0 aliphatic heterocycles. The van der Waals surface area contributed by atoms with Crippen molar-refractivity contribution in [2.45, 2.75) is 11.8 Å². The molecule has 0 saturated carbocycles. The van der Waals surface area contributed by atoms with Crippen molar-refractivity contribution in [3.63, 3.8) is 0 Å². The number of sulfonamides is 1. The van der Waals surface area contributed by atoms with E-state index in [1.54, 1.807) is 29.5 Å². The van der Waals surface area contributed by atoms with Crippen LogP contribution in [-0.2, 0) is 10.0 Å². The Hall–Kier alpha value is -1.96. The van der Waals surface area contributed by atoms with Gasteiger partial charge in [0.25, 0.3) is 10.0 Å². The molecular formula is C15H12ClN3O2S2. The fraction of sp³-hybridized carbons (Fsp3) is 0.0667. The normalized spacial score (nSPS) is 11.4. The van der Waals surface area contributed by atoms with E-state index in [9.17, 15) is 8.42 Å². The quantitative estimate of drug-likeness (QED) is 0.710. The molecule has 0 unspecified atom stereocenters. The number of hydrogen-bond donors (Lipinski definition) is 1. The van der Waals surface area contributed by atoms with Gasteiger partial charge in [-0.1, -0.05) is 23.7 Å². The molecule has 0 fully saturated rings. The van der Waals surface area contributed by atoms with Crippen LogP contribution in [0.3, 0.4) is 0 Å². The van der Waals surface area contributed by atoms with Gasteiger partial charge in [-0.3, -0.25) is 4.72 Å². The predicted octanol–water partition coefficient (Wildman–Crippen LogP) is 3.97. The number of nitrogens with one attached hydrogen (secondary N) is 1. The molecule has 23 heavy (non-hydrogen) atoms. The van der Waals surface area contributed by atoms with Gasteiger partial charge in [0.15, 0.2) is 0 Å². The fourth-order valence-corrected chi connectivity index (χ4v) is 4.15. The molecule has 0 atom stereocenters. The lowest BCUT2D eigenvalue weighted by molar-refractivity contribution is 0.601. The van der Waals surface area contributed by atoms with E-state index in [1.165, 1.54) is 18.3 Å². The third-order valence-corrected chi connectivity index (χ3v) is 5.64. The number of aryl methyl sites for hydroxylation is 1. The largest absolute Gasteiger partial charge is 0.280 e. The number of anilines is 1. The summed E-state index contributed by atoms with van der Waals surface area (Å²) in [6.07, 6.45) is 1.44. The van der Waals surface area contributed by atoms with E-state index >= 15 is 0 Å². The van der Waals surface area contributed by atoms with E-state index in [0.29, 0.717) is 5.69 Å². The highest BCUT2D eigenvalue weighted by Gasteiger charge is 2.18. The number of thiazole rings is 1. The van der Waals surface area contributed by atoms with E-state index in [0.717, 1.165) is 16.3 Å². The van der Waals surface area contributed by atoms with Crippen LogP contribution in [0.2, 0.25) is 5.15 Å². The van der Waals surface area contributed by atoms with Crippen LogP contribution in [0.1, 0.15) is 5.01 Å². The SMILES string of the molecule is Cc1nc(-c2cccc(NS(=O)(=O)c3cccnc3Cl)c2)cs1. The maximum absolute atomic E-state index is 12.4. The summed E-state index contributed by atoms with van der Waals surface area (Å²) >= 11 is 7.41. The molecule has 2 aromatic heterocycles. The molecule has 1 aromatic carbocycles. The van der Waals surface area contributed by atoms with Crippen molar-refractivity contribution in [3.05, 3.63) is 58.1 Å². The second kappa shape index (κ2) is 6.27. The predicted molar refractivity (Wildman–Crippen MR) is 92.3 cm³/mol. The third-order valence-electron chi connectivity index (χ3n) is 3.04. The van der Waals surface area contributed by atoms with Gasteiger partial charge in [0.05, 0.1) is 10.7 Å². The number of benzene rings is 1. The summed E-state index contributed by atoms with van der Waals surface area (Å²) in [5.74, 6) is 0. The fourth-order valence-electron chi connectivity index (χ4n) is 2.02. The summed E-state index contributed by atoms with van der Waals surface area (Å²) in [6, 6.07) is 9.98. The topological polar surface area (TPSA) is 72.0 Å². The summed E-state index contributed by atoms with van der Waals surface area (Å²) in [5, 5.41) is 2.82. The average Bonchev–Trinajstić information content (AvgIpc) is 2.94. The number of nitrogens with zero attached hydrogens (tertiary/aromatic N) is 2. The summed E-state index contributed by atoms with van der Waals surface area (Å²) < 4.78 is 27.4. The first-order chi connectivity index (χ1) is 11.0. The Morgan fingerprint density at radius 2 is 2.04 bits per heavy atom. The molecule has 3 rings (SSSR count). The average molecular weight is 366 g/mol. The van der Waals surface area contributed by atoms with Gasteiger partial charge in [-0.15, -0.1) is 11.3 Å². The Morgan fingerprint density at radius 3 is 2.74 bits per heavy atom.